The van der Waals surface area contributed by atoms with Gasteiger partial charge < -0.3 is 0 Å². The molecule has 0 rings (SSSR count). The van der Waals surface area contributed by atoms with Gasteiger partial charge in [0.25, 0.3) is 0 Å². The number of unbranched alkanes of at least 4 members (excludes halogenated alkanes) is 23. The van der Waals surface area contributed by atoms with Gasteiger partial charge in [-0.15, -0.1) is 6.58 Å². The van der Waals surface area contributed by atoms with Crippen LogP contribution in [-0.2, 0) is 0 Å². The van der Waals surface area contributed by atoms with Crippen molar-refractivity contribution >= 4 is 0 Å². The second kappa shape index (κ2) is 28.5. The summed E-state index contributed by atoms with van der Waals surface area (Å²) in [5.41, 5.74) is 0. The maximum absolute atomic E-state index is 3.79. The van der Waals surface area contributed by atoms with Crippen LogP contribution >= 0.6 is 0 Å². The monoisotopic (exact) mass is 418 g/mol. The van der Waals surface area contributed by atoms with Crippen molar-refractivity contribution in [3.63, 3.8) is 0 Å². The lowest BCUT2D eigenvalue weighted by atomic mass is 10.0. The van der Waals surface area contributed by atoms with E-state index in [-0.39, 0.29) is 0 Å². The molecule has 178 valence electrons. The van der Waals surface area contributed by atoms with Crippen LogP contribution in [0, 0.1) is 0 Å². The normalized spacial score (nSPS) is 11.5. The second-order valence-corrected chi connectivity index (χ2v) is 9.55. The molecular weight excluding hydrogens is 360 g/mol. The Morgan fingerprint density at radius 1 is 0.367 bits per heavy atom. The molecule has 0 N–H and O–H groups in total. The van der Waals surface area contributed by atoms with Gasteiger partial charge in [0.2, 0.25) is 0 Å². The summed E-state index contributed by atoms with van der Waals surface area (Å²) in [7, 11) is 0. The van der Waals surface area contributed by atoms with Crippen molar-refractivity contribution in [3.8, 4) is 0 Å². The Bertz CT molecular complexity index is 327. The van der Waals surface area contributed by atoms with E-state index in [4.69, 9.17) is 0 Å². The Morgan fingerprint density at radius 2 is 0.633 bits per heavy atom. The fourth-order valence-electron chi connectivity index (χ4n) is 4.30. The van der Waals surface area contributed by atoms with E-state index in [2.05, 4.69) is 25.7 Å². The molecule has 0 aromatic rings. The molecule has 0 aliphatic rings. The third-order valence-electron chi connectivity index (χ3n) is 6.42. The molecule has 0 bridgehead atoms. The van der Waals surface area contributed by atoms with Gasteiger partial charge in [0, 0.05) is 0 Å². The predicted octanol–water partition coefficient (Wildman–Crippen LogP) is 11.5. The summed E-state index contributed by atoms with van der Waals surface area (Å²) in [5, 5.41) is 0. The average Bonchev–Trinajstić information content (AvgIpc) is 2.76. The van der Waals surface area contributed by atoms with E-state index in [1.165, 1.54) is 161 Å². The highest BCUT2D eigenvalue weighted by Gasteiger charge is 1.94. The van der Waals surface area contributed by atoms with E-state index < -0.39 is 0 Å². The highest BCUT2D eigenvalue weighted by atomic mass is 14.0. The molecule has 0 aromatic heterocycles. The molecule has 0 heteroatoms. The first-order valence-electron chi connectivity index (χ1n) is 14.2. The van der Waals surface area contributed by atoms with Gasteiger partial charge in [0.05, 0.1) is 0 Å². The summed E-state index contributed by atoms with van der Waals surface area (Å²) < 4.78 is 0. The van der Waals surface area contributed by atoms with Crippen molar-refractivity contribution < 1.29 is 0 Å². The van der Waals surface area contributed by atoms with Gasteiger partial charge >= 0.3 is 0 Å². The molecule has 0 saturated carbocycles. The predicted molar refractivity (Wildman–Crippen MR) is 140 cm³/mol. The van der Waals surface area contributed by atoms with E-state index in [1.807, 2.05) is 6.08 Å². The molecule has 0 amide bonds. The first-order chi connectivity index (χ1) is 14.9. The lowest BCUT2D eigenvalue weighted by Gasteiger charge is -2.03. The maximum Gasteiger partial charge on any atom is -0.0351 e. The number of rotatable bonds is 26. The fraction of sp³-hybridized carbons (Fsp3) is 0.867. The summed E-state index contributed by atoms with van der Waals surface area (Å²) in [6.07, 6.45) is 42.4. The fourth-order valence-corrected chi connectivity index (χ4v) is 4.30. The van der Waals surface area contributed by atoms with Crippen molar-refractivity contribution in [1.82, 2.24) is 0 Å². The molecule has 30 heavy (non-hydrogen) atoms. The van der Waals surface area contributed by atoms with Gasteiger partial charge in [0.1, 0.15) is 0 Å². The summed E-state index contributed by atoms with van der Waals surface area (Å²) in [5.74, 6) is 0. The van der Waals surface area contributed by atoms with Gasteiger partial charge in [-0.3, -0.25) is 0 Å². The molecule has 0 fully saturated rings. The van der Waals surface area contributed by atoms with Gasteiger partial charge in [-0.25, -0.2) is 0 Å². The quantitative estimate of drug-likeness (QED) is 0.0967. The Morgan fingerprint density at radius 3 is 0.933 bits per heavy atom. The van der Waals surface area contributed by atoms with E-state index in [0.29, 0.717) is 0 Å². The van der Waals surface area contributed by atoms with Crippen LogP contribution in [0.25, 0.3) is 0 Å². The van der Waals surface area contributed by atoms with E-state index in [1.54, 1.807) is 0 Å². The minimum Gasteiger partial charge on any atom is -0.103 e. The highest BCUT2D eigenvalue weighted by Crippen LogP contribution is 2.14. The number of hydrogen-bond acceptors (Lipinski definition) is 0. The summed E-state index contributed by atoms with van der Waals surface area (Å²) in [4.78, 5) is 0. The van der Waals surface area contributed by atoms with Crippen LogP contribution in [-0.4, -0.2) is 0 Å². The Hall–Kier alpha value is -0.520. The van der Waals surface area contributed by atoms with Crippen molar-refractivity contribution in [2.24, 2.45) is 0 Å². The third-order valence-corrected chi connectivity index (χ3v) is 6.42. The largest absolute Gasteiger partial charge is 0.103 e. The second-order valence-electron chi connectivity index (χ2n) is 9.55. The third kappa shape index (κ3) is 27.5. The minimum atomic E-state index is 1.20. The van der Waals surface area contributed by atoms with Gasteiger partial charge in [-0.05, 0) is 38.5 Å². The molecule has 0 unspecified atom stereocenters. The van der Waals surface area contributed by atoms with E-state index in [0.717, 1.165) is 0 Å². The molecule has 0 heterocycles. The van der Waals surface area contributed by atoms with Crippen LogP contribution in [0.3, 0.4) is 0 Å². The van der Waals surface area contributed by atoms with Gasteiger partial charge in [-0.2, -0.15) is 0 Å². The average molecular weight is 419 g/mol. The zero-order chi connectivity index (χ0) is 21.8. The summed E-state index contributed by atoms with van der Waals surface area (Å²) in [6.45, 7) is 6.09. The molecule has 0 aromatic carbocycles. The Balaban J connectivity index is 3.06. The first-order valence-corrected chi connectivity index (χ1v) is 14.2. The SMILES string of the molecule is C=CCCCCCCCCCCC=CCCCCCCCCCCCCCCCC. The van der Waals surface area contributed by atoms with Crippen LogP contribution in [0.15, 0.2) is 24.8 Å². The molecule has 0 radical (unpaired) electrons. The van der Waals surface area contributed by atoms with Crippen LogP contribution in [0.4, 0.5) is 0 Å². The van der Waals surface area contributed by atoms with Crippen LogP contribution in [0.1, 0.15) is 167 Å². The zero-order valence-corrected chi connectivity index (χ0v) is 21.1. The molecule has 0 aliphatic heterocycles. The number of hydrogen-bond donors (Lipinski definition) is 0. The smallest absolute Gasteiger partial charge is 0.0351 e. The maximum atomic E-state index is 3.79. The first kappa shape index (κ1) is 29.5. The van der Waals surface area contributed by atoms with Gasteiger partial charge in [-0.1, -0.05) is 147 Å². The molecule has 0 aliphatic carbocycles. The lowest BCUT2D eigenvalue weighted by molar-refractivity contribution is 0.536. The van der Waals surface area contributed by atoms with E-state index >= 15 is 0 Å². The van der Waals surface area contributed by atoms with Crippen molar-refractivity contribution in [2.45, 2.75) is 167 Å². The standard InChI is InChI=1S/C30H58/c1-3-5-7-9-11-13-15-17-19-21-23-25-27-29-30-28-26-24-22-20-18-16-14-12-10-8-6-4-2/h3,25,27H,1,4-24,26,28-30H2,2H3. The van der Waals surface area contributed by atoms with Gasteiger partial charge in [0.15, 0.2) is 0 Å². The van der Waals surface area contributed by atoms with Crippen molar-refractivity contribution in [2.75, 3.05) is 0 Å². The molecule has 0 nitrogen and oxygen atoms in total. The summed E-state index contributed by atoms with van der Waals surface area (Å²) >= 11 is 0. The Kier molecular flexibility index (Phi) is 28.0. The van der Waals surface area contributed by atoms with Crippen molar-refractivity contribution in [1.29, 1.82) is 0 Å². The Labute approximate surface area is 192 Å². The highest BCUT2D eigenvalue weighted by molar-refractivity contribution is 4.81. The molecule has 0 saturated heterocycles. The lowest BCUT2D eigenvalue weighted by Crippen LogP contribution is -1.83. The van der Waals surface area contributed by atoms with Crippen molar-refractivity contribution in [3.05, 3.63) is 24.8 Å². The molecule has 0 spiro atoms. The zero-order valence-electron chi connectivity index (χ0n) is 21.1. The summed E-state index contributed by atoms with van der Waals surface area (Å²) in [6, 6.07) is 0. The minimum absolute atomic E-state index is 1.20. The molecular formula is C30H58. The van der Waals surface area contributed by atoms with Crippen LogP contribution in [0.2, 0.25) is 0 Å². The topological polar surface area (TPSA) is 0 Å². The molecule has 0 atom stereocenters. The van der Waals surface area contributed by atoms with Crippen LogP contribution in [0.5, 0.6) is 0 Å². The van der Waals surface area contributed by atoms with Crippen LogP contribution < -0.4 is 0 Å². The van der Waals surface area contributed by atoms with E-state index in [9.17, 15) is 0 Å². The number of allylic oxidation sites excluding steroid dienone is 3.